The molecule has 0 fully saturated rings. The van der Waals surface area contributed by atoms with Gasteiger partial charge in [-0.15, -0.1) is 0 Å². The minimum atomic E-state index is -0.215. The SMILES string of the molecule is COc1ccc(-c2cccc3c2CC[C@@H]3C)c(F)c1. The fourth-order valence-electron chi connectivity index (χ4n) is 2.96. The first kappa shape index (κ1) is 12.2. The Hall–Kier alpha value is -1.83. The topological polar surface area (TPSA) is 9.23 Å². The second kappa shape index (κ2) is 4.69. The van der Waals surface area contributed by atoms with Gasteiger partial charge in [-0.3, -0.25) is 0 Å². The molecule has 2 aromatic rings. The van der Waals surface area contributed by atoms with E-state index in [1.807, 2.05) is 24.3 Å². The van der Waals surface area contributed by atoms with Crippen LogP contribution in [0.5, 0.6) is 5.75 Å². The maximum absolute atomic E-state index is 14.2. The molecule has 2 heteroatoms. The quantitative estimate of drug-likeness (QED) is 0.766. The molecular formula is C17H17FO. The monoisotopic (exact) mass is 256 g/mol. The van der Waals surface area contributed by atoms with Gasteiger partial charge in [0.1, 0.15) is 11.6 Å². The van der Waals surface area contributed by atoms with Crippen LogP contribution in [0.1, 0.15) is 30.4 Å². The van der Waals surface area contributed by atoms with Crippen LogP contribution in [0.2, 0.25) is 0 Å². The number of methoxy groups -OCH3 is 1. The van der Waals surface area contributed by atoms with E-state index in [4.69, 9.17) is 4.74 Å². The Morgan fingerprint density at radius 2 is 2.00 bits per heavy atom. The van der Waals surface area contributed by atoms with Crippen LogP contribution in [0, 0.1) is 5.82 Å². The van der Waals surface area contributed by atoms with E-state index < -0.39 is 0 Å². The van der Waals surface area contributed by atoms with Gasteiger partial charge >= 0.3 is 0 Å². The highest BCUT2D eigenvalue weighted by Crippen LogP contribution is 2.39. The molecule has 1 nitrogen and oxygen atoms in total. The molecule has 0 aromatic heterocycles. The Morgan fingerprint density at radius 3 is 2.74 bits per heavy atom. The molecule has 1 aliphatic carbocycles. The summed E-state index contributed by atoms with van der Waals surface area (Å²) in [6.45, 7) is 2.24. The third kappa shape index (κ3) is 2.01. The third-order valence-corrected chi connectivity index (χ3v) is 4.04. The predicted molar refractivity (Wildman–Crippen MR) is 75.1 cm³/mol. The van der Waals surface area contributed by atoms with E-state index >= 15 is 0 Å². The zero-order valence-electron chi connectivity index (χ0n) is 11.2. The Bertz CT molecular complexity index is 619. The number of rotatable bonds is 2. The van der Waals surface area contributed by atoms with Crippen LogP contribution in [0.25, 0.3) is 11.1 Å². The number of ether oxygens (including phenoxy) is 1. The summed E-state index contributed by atoms with van der Waals surface area (Å²) in [5.74, 6) is 0.922. The Kier molecular flexibility index (Phi) is 3.02. The molecule has 0 heterocycles. The summed E-state index contributed by atoms with van der Waals surface area (Å²) in [5.41, 5.74) is 4.38. The molecule has 0 unspecified atom stereocenters. The van der Waals surface area contributed by atoms with E-state index in [2.05, 4.69) is 13.0 Å². The Balaban J connectivity index is 2.13. The van der Waals surface area contributed by atoms with E-state index in [0.29, 0.717) is 17.2 Å². The molecule has 0 saturated heterocycles. The molecular weight excluding hydrogens is 239 g/mol. The molecule has 19 heavy (non-hydrogen) atoms. The molecule has 1 atom stereocenters. The van der Waals surface area contributed by atoms with E-state index in [1.54, 1.807) is 7.11 Å². The van der Waals surface area contributed by atoms with Gasteiger partial charge < -0.3 is 4.74 Å². The van der Waals surface area contributed by atoms with Crippen molar-refractivity contribution < 1.29 is 9.13 Å². The normalized spacial score (nSPS) is 17.3. The predicted octanol–water partition coefficient (Wildman–Crippen LogP) is 4.55. The highest BCUT2D eigenvalue weighted by molar-refractivity contribution is 5.71. The fraction of sp³-hybridized carbons (Fsp3) is 0.294. The highest BCUT2D eigenvalue weighted by atomic mass is 19.1. The van der Waals surface area contributed by atoms with Crippen molar-refractivity contribution in [3.63, 3.8) is 0 Å². The second-order valence-electron chi connectivity index (χ2n) is 5.16. The average Bonchev–Trinajstić information content (AvgIpc) is 2.81. The van der Waals surface area contributed by atoms with Crippen LogP contribution in [-0.2, 0) is 6.42 Å². The minimum Gasteiger partial charge on any atom is -0.497 e. The van der Waals surface area contributed by atoms with E-state index in [9.17, 15) is 4.39 Å². The molecule has 0 saturated carbocycles. The number of benzene rings is 2. The van der Waals surface area contributed by atoms with Crippen LogP contribution < -0.4 is 4.74 Å². The van der Waals surface area contributed by atoms with Crippen molar-refractivity contribution >= 4 is 0 Å². The highest BCUT2D eigenvalue weighted by Gasteiger charge is 2.22. The lowest BCUT2D eigenvalue weighted by Gasteiger charge is -2.11. The molecule has 1 aliphatic rings. The van der Waals surface area contributed by atoms with Crippen molar-refractivity contribution in [2.75, 3.05) is 7.11 Å². The zero-order valence-corrected chi connectivity index (χ0v) is 11.2. The Labute approximate surface area is 113 Å². The molecule has 0 radical (unpaired) electrons. The molecule has 2 aromatic carbocycles. The van der Waals surface area contributed by atoms with Crippen LogP contribution >= 0.6 is 0 Å². The number of fused-ring (bicyclic) bond motifs is 1. The first-order chi connectivity index (χ1) is 9.20. The summed E-state index contributed by atoms with van der Waals surface area (Å²) < 4.78 is 19.3. The lowest BCUT2D eigenvalue weighted by molar-refractivity contribution is 0.411. The fourth-order valence-corrected chi connectivity index (χ4v) is 2.96. The van der Waals surface area contributed by atoms with Crippen molar-refractivity contribution in [3.05, 3.63) is 53.3 Å². The lowest BCUT2D eigenvalue weighted by Crippen LogP contribution is -1.93. The summed E-state index contributed by atoms with van der Waals surface area (Å²) >= 11 is 0. The van der Waals surface area contributed by atoms with Gasteiger partial charge in [0.15, 0.2) is 0 Å². The van der Waals surface area contributed by atoms with Gasteiger partial charge in [0.2, 0.25) is 0 Å². The van der Waals surface area contributed by atoms with E-state index in [1.165, 1.54) is 17.2 Å². The van der Waals surface area contributed by atoms with Gasteiger partial charge in [-0.1, -0.05) is 25.1 Å². The van der Waals surface area contributed by atoms with Crippen molar-refractivity contribution in [2.24, 2.45) is 0 Å². The van der Waals surface area contributed by atoms with Gasteiger partial charge in [0.05, 0.1) is 7.11 Å². The van der Waals surface area contributed by atoms with Gasteiger partial charge in [-0.05, 0) is 47.6 Å². The number of halogens is 1. The first-order valence-electron chi connectivity index (χ1n) is 6.66. The number of hydrogen-bond donors (Lipinski definition) is 0. The summed E-state index contributed by atoms with van der Waals surface area (Å²) in [5, 5.41) is 0. The van der Waals surface area contributed by atoms with Gasteiger partial charge in [0, 0.05) is 11.6 Å². The minimum absolute atomic E-state index is 0.215. The van der Waals surface area contributed by atoms with Crippen molar-refractivity contribution in [1.29, 1.82) is 0 Å². The van der Waals surface area contributed by atoms with Gasteiger partial charge in [-0.2, -0.15) is 0 Å². The van der Waals surface area contributed by atoms with Crippen molar-refractivity contribution in [2.45, 2.75) is 25.7 Å². The molecule has 0 N–H and O–H groups in total. The maximum atomic E-state index is 14.2. The van der Waals surface area contributed by atoms with Gasteiger partial charge in [0.25, 0.3) is 0 Å². The smallest absolute Gasteiger partial charge is 0.134 e. The summed E-state index contributed by atoms with van der Waals surface area (Å²) in [7, 11) is 1.55. The molecule has 98 valence electrons. The van der Waals surface area contributed by atoms with E-state index in [-0.39, 0.29) is 5.82 Å². The van der Waals surface area contributed by atoms with E-state index in [0.717, 1.165) is 18.4 Å². The van der Waals surface area contributed by atoms with Crippen LogP contribution in [0.15, 0.2) is 36.4 Å². The van der Waals surface area contributed by atoms with Crippen molar-refractivity contribution in [3.8, 4) is 16.9 Å². The molecule has 0 spiro atoms. The summed E-state index contributed by atoms with van der Waals surface area (Å²) in [6.07, 6.45) is 2.20. The lowest BCUT2D eigenvalue weighted by atomic mass is 9.95. The van der Waals surface area contributed by atoms with Gasteiger partial charge in [-0.25, -0.2) is 4.39 Å². The maximum Gasteiger partial charge on any atom is 0.134 e. The first-order valence-corrected chi connectivity index (χ1v) is 6.66. The van der Waals surface area contributed by atoms with Crippen LogP contribution in [0.3, 0.4) is 0 Å². The third-order valence-electron chi connectivity index (χ3n) is 4.04. The Morgan fingerprint density at radius 1 is 1.16 bits per heavy atom. The number of hydrogen-bond acceptors (Lipinski definition) is 1. The molecule has 0 aliphatic heterocycles. The summed E-state index contributed by atoms with van der Waals surface area (Å²) in [4.78, 5) is 0. The molecule has 0 amide bonds. The second-order valence-corrected chi connectivity index (χ2v) is 5.16. The largest absolute Gasteiger partial charge is 0.497 e. The van der Waals surface area contributed by atoms with Crippen LogP contribution in [-0.4, -0.2) is 7.11 Å². The molecule has 0 bridgehead atoms. The van der Waals surface area contributed by atoms with Crippen molar-refractivity contribution in [1.82, 2.24) is 0 Å². The summed E-state index contributed by atoms with van der Waals surface area (Å²) in [6, 6.07) is 11.3. The zero-order chi connectivity index (χ0) is 13.4. The van der Waals surface area contributed by atoms with Crippen LogP contribution in [0.4, 0.5) is 4.39 Å². The average molecular weight is 256 g/mol. The molecule has 3 rings (SSSR count). The standard InChI is InChI=1S/C17H17FO/c1-11-6-8-15-13(11)4-3-5-14(15)16-9-7-12(19-2)10-17(16)18/h3-5,7,9-11H,6,8H2,1-2H3/t11-/m0/s1.